The minimum Gasteiger partial charge on any atom is -0.328 e. The third-order valence-electron chi connectivity index (χ3n) is 6.60. The van der Waals surface area contributed by atoms with Crippen molar-refractivity contribution in [2.45, 2.75) is 5.54 Å². The fraction of sp³-hybridized carbons (Fsp3) is 0.174. The summed E-state index contributed by atoms with van der Waals surface area (Å²) >= 11 is 0. The van der Waals surface area contributed by atoms with E-state index in [1.165, 1.54) is 4.90 Å². The minimum absolute atomic E-state index is 0.215. The first-order chi connectivity index (χ1) is 14.1. The van der Waals surface area contributed by atoms with Crippen LogP contribution in [-0.4, -0.2) is 24.3 Å². The zero-order valence-corrected chi connectivity index (χ0v) is 15.5. The number of nitrogens with two attached hydrogens (primary N) is 1. The number of nitrogens with zero attached hydrogens (tertiary/aromatic N) is 1. The second-order valence-corrected chi connectivity index (χ2v) is 7.94. The van der Waals surface area contributed by atoms with Crippen LogP contribution in [0.1, 0.15) is 5.56 Å². The molecule has 3 aromatic carbocycles. The zero-order chi connectivity index (χ0) is 19.8. The summed E-state index contributed by atoms with van der Waals surface area (Å²) in [6.45, 7) is 0.418. The normalized spacial score (nSPS) is 27.6. The molecule has 0 aliphatic carbocycles. The van der Waals surface area contributed by atoms with Gasteiger partial charge in [-0.2, -0.15) is 0 Å². The van der Waals surface area contributed by atoms with Crippen LogP contribution in [0.2, 0.25) is 0 Å². The molecule has 0 bridgehead atoms. The number of quaternary nitrogens is 1. The Morgan fingerprint density at radius 3 is 2.52 bits per heavy atom. The number of anilines is 2. The number of nitrogens with one attached hydrogen (secondary N) is 1. The summed E-state index contributed by atoms with van der Waals surface area (Å²) in [6, 6.07) is 20.9. The number of imide groups is 1. The van der Waals surface area contributed by atoms with Crippen LogP contribution in [0.4, 0.5) is 11.4 Å². The fourth-order valence-electron chi connectivity index (χ4n) is 5.30. The molecule has 142 valence electrons. The highest BCUT2D eigenvalue weighted by molar-refractivity contribution is 6.25. The Morgan fingerprint density at radius 2 is 1.66 bits per heavy atom. The van der Waals surface area contributed by atoms with Gasteiger partial charge in [-0.05, 0) is 29.0 Å². The summed E-state index contributed by atoms with van der Waals surface area (Å²) < 4.78 is 0. The van der Waals surface area contributed by atoms with Crippen LogP contribution in [0.15, 0.2) is 66.7 Å². The Bertz CT molecular complexity index is 1240. The first-order valence-corrected chi connectivity index (χ1v) is 9.73. The summed E-state index contributed by atoms with van der Waals surface area (Å²) in [5.41, 5.74) is 1.01. The van der Waals surface area contributed by atoms with Gasteiger partial charge in [0.05, 0.1) is 17.9 Å². The molecule has 29 heavy (non-hydrogen) atoms. The number of hydrogen-bond donors (Lipinski definition) is 2. The maximum Gasteiger partial charge on any atom is 0.291 e. The third kappa shape index (κ3) is 1.96. The first-order valence-electron chi connectivity index (χ1n) is 9.73. The summed E-state index contributed by atoms with van der Waals surface area (Å²) in [6.07, 6.45) is 0. The van der Waals surface area contributed by atoms with E-state index in [0.29, 0.717) is 12.2 Å². The molecule has 6 nitrogen and oxygen atoms in total. The first kappa shape index (κ1) is 16.4. The van der Waals surface area contributed by atoms with Gasteiger partial charge in [-0.3, -0.25) is 14.4 Å². The number of carbonyl (C=O) groups is 3. The minimum atomic E-state index is -1.07. The van der Waals surface area contributed by atoms with Crippen LogP contribution in [-0.2, 0) is 19.9 Å². The number of fused-ring (bicyclic) bond motifs is 5. The Hall–Kier alpha value is -3.51. The van der Waals surface area contributed by atoms with E-state index in [1.807, 2.05) is 66.0 Å². The molecule has 2 fully saturated rings. The van der Waals surface area contributed by atoms with Crippen LogP contribution in [0.3, 0.4) is 0 Å². The van der Waals surface area contributed by atoms with E-state index in [0.717, 1.165) is 22.0 Å². The zero-order valence-electron chi connectivity index (χ0n) is 15.5. The topological polar surface area (TPSA) is 83.1 Å². The van der Waals surface area contributed by atoms with Gasteiger partial charge in [0.15, 0.2) is 0 Å². The van der Waals surface area contributed by atoms with Crippen LogP contribution >= 0.6 is 0 Å². The molecule has 0 aromatic heterocycles. The number of hydrogen-bond acceptors (Lipinski definition) is 3. The molecule has 1 spiro atoms. The Labute approximate surface area is 166 Å². The lowest BCUT2D eigenvalue weighted by Gasteiger charge is -2.25. The molecule has 3 atom stereocenters. The van der Waals surface area contributed by atoms with Crippen molar-refractivity contribution in [2.75, 3.05) is 16.8 Å². The van der Waals surface area contributed by atoms with Crippen molar-refractivity contribution in [3.05, 3.63) is 72.3 Å². The lowest BCUT2D eigenvalue weighted by Crippen LogP contribution is -2.95. The second-order valence-electron chi connectivity index (χ2n) is 7.94. The molecule has 2 saturated heterocycles. The lowest BCUT2D eigenvalue weighted by atomic mass is 9.77. The van der Waals surface area contributed by atoms with Crippen LogP contribution in [0, 0.1) is 11.8 Å². The quantitative estimate of drug-likeness (QED) is 0.622. The van der Waals surface area contributed by atoms with Crippen LogP contribution < -0.4 is 15.5 Å². The molecular formula is C23H18N3O3+. The molecule has 3 aromatic rings. The average molecular weight is 384 g/mol. The smallest absolute Gasteiger partial charge is 0.291 e. The molecule has 3 aliphatic rings. The number of benzene rings is 3. The molecule has 0 saturated carbocycles. The van der Waals surface area contributed by atoms with E-state index in [9.17, 15) is 14.4 Å². The van der Waals surface area contributed by atoms with Crippen molar-refractivity contribution in [3.8, 4) is 0 Å². The number of amides is 3. The van der Waals surface area contributed by atoms with Crippen molar-refractivity contribution in [1.82, 2.24) is 0 Å². The molecule has 6 rings (SSSR count). The standard InChI is InChI=1S/C23H17N3O3/c27-20-16-12-24-23(17-7-3-4-8-18(17)25-22(23)29)19(16)21(28)26(20)15-10-9-13-5-1-2-6-14(13)11-15/h1-11,16,19,24H,12H2,(H,25,29)/p+1/t16-,19+,23+/m0/s1. The Morgan fingerprint density at radius 1 is 0.897 bits per heavy atom. The molecule has 3 N–H and O–H groups in total. The molecule has 3 aliphatic heterocycles. The monoisotopic (exact) mass is 384 g/mol. The maximum atomic E-state index is 13.6. The summed E-state index contributed by atoms with van der Waals surface area (Å²) in [5.74, 6) is -1.94. The molecule has 3 heterocycles. The van der Waals surface area contributed by atoms with Gasteiger partial charge in [-0.1, -0.05) is 48.5 Å². The van der Waals surface area contributed by atoms with E-state index in [1.54, 1.807) is 6.07 Å². The highest BCUT2D eigenvalue weighted by atomic mass is 16.2. The van der Waals surface area contributed by atoms with Crippen LogP contribution in [0.25, 0.3) is 10.8 Å². The predicted molar refractivity (Wildman–Crippen MR) is 107 cm³/mol. The average Bonchev–Trinajstić information content (AvgIpc) is 3.35. The van der Waals surface area contributed by atoms with Gasteiger partial charge in [-0.25, -0.2) is 4.90 Å². The van der Waals surface area contributed by atoms with E-state index in [-0.39, 0.29) is 17.7 Å². The van der Waals surface area contributed by atoms with Gasteiger partial charge < -0.3 is 10.6 Å². The van der Waals surface area contributed by atoms with Crippen LogP contribution in [0.5, 0.6) is 0 Å². The van der Waals surface area contributed by atoms with E-state index >= 15 is 0 Å². The molecule has 0 unspecified atom stereocenters. The van der Waals surface area contributed by atoms with Gasteiger partial charge >= 0.3 is 0 Å². The summed E-state index contributed by atoms with van der Waals surface area (Å²) in [4.78, 5) is 41.1. The molecule has 0 radical (unpaired) electrons. The van der Waals surface area contributed by atoms with Crippen molar-refractivity contribution in [3.63, 3.8) is 0 Å². The van der Waals surface area contributed by atoms with Crippen molar-refractivity contribution in [2.24, 2.45) is 11.8 Å². The highest BCUT2D eigenvalue weighted by Crippen LogP contribution is 2.48. The second kappa shape index (κ2) is 5.52. The highest BCUT2D eigenvalue weighted by Gasteiger charge is 2.71. The SMILES string of the molecule is O=C1[C@H]2C[NH2+][C@@]3(C(=O)Nc4ccccc43)[C@H]2C(=O)N1c1ccc2ccccc2c1. The lowest BCUT2D eigenvalue weighted by molar-refractivity contribution is -0.703. The van der Waals surface area contributed by atoms with Crippen molar-refractivity contribution < 1.29 is 19.7 Å². The Balaban J connectivity index is 1.47. The fourth-order valence-corrected chi connectivity index (χ4v) is 5.30. The largest absolute Gasteiger partial charge is 0.328 e. The van der Waals surface area contributed by atoms with Gasteiger partial charge in [0.1, 0.15) is 11.8 Å². The number of para-hydroxylation sites is 1. The molecule has 6 heteroatoms. The number of rotatable bonds is 1. The van der Waals surface area contributed by atoms with E-state index < -0.39 is 17.4 Å². The van der Waals surface area contributed by atoms with Gasteiger partial charge in [0.25, 0.3) is 5.91 Å². The number of carbonyl (C=O) groups excluding carboxylic acids is 3. The molecule has 3 amide bonds. The summed E-state index contributed by atoms with van der Waals surface area (Å²) in [7, 11) is 0. The predicted octanol–water partition coefficient (Wildman–Crippen LogP) is 1.37. The Kier molecular flexibility index (Phi) is 3.13. The summed E-state index contributed by atoms with van der Waals surface area (Å²) in [5, 5.41) is 6.79. The van der Waals surface area contributed by atoms with Gasteiger partial charge in [-0.15, -0.1) is 0 Å². The third-order valence-corrected chi connectivity index (χ3v) is 6.60. The molecular weight excluding hydrogens is 366 g/mol. The maximum absolute atomic E-state index is 13.6. The van der Waals surface area contributed by atoms with E-state index in [2.05, 4.69) is 5.32 Å². The van der Waals surface area contributed by atoms with E-state index in [4.69, 9.17) is 0 Å². The van der Waals surface area contributed by atoms with Gasteiger partial charge in [0.2, 0.25) is 17.4 Å². The van der Waals surface area contributed by atoms with Crippen molar-refractivity contribution >= 4 is 39.9 Å². The van der Waals surface area contributed by atoms with Crippen molar-refractivity contribution in [1.29, 1.82) is 0 Å². The van der Waals surface area contributed by atoms with Gasteiger partial charge in [0, 0.05) is 5.56 Å².